The molecule has 22 heavy (non-hydrogen) atoms. The number of rotatable bonds is 8. The SMILES string of the molecule is CC(C)CC(NC(=O)[C@H](O)[C@H](N)Cc1ccccc1)C(=O)O. The van der Waals surface area contributed by atoms with Gasteiger partial charge < -0.3 is 21.3 Å². The molecule has 122 valence electrons. The minimum Gasteiger partial charge on any atom is -0.480 e. The van der Waals surface area contributed by atoms with E-state index in [4.69, 9.17) is 10.8 Å². The molecule has 1 aromatic rings. The Labute approximate surface area is 130 Å². The number of hydrogen-bond acceptors (Lipinski definition) is 4. The van der Waals surface area contributed by atoms with Gasteiger partial charge in [-0.15, -0.1) is 0 Å². The van der Waals surface area contributed by atoms with Crippen LogP contribution in [0.3, 0.4) is 0 Å². The van der Waals surface area contributed by atoms with Crippen LogP contribution in [0.5, 0.6) is 0 Å². The largest absolute Gasteiger partial charge is 0.480 e. The number of carbonyl (C=O) groups excluding carboxylic acids is 1. The van der Waals surface area contributed by atoms with Crippen LogP contribution in [0.15, 0.2) is 30.3 Å². The van der Waals surface area contributed by atoms with Crippen LogP contribution in [0, 0.1) is 5.92 Å². The molecule has 0 aliphatic rings. The molecule has 1 aromatic carbocycles. The Bertz CT molecular complexity index is 490. The number of carboxylic acids is 1. The van der Waals surface area contributed by atoms with Crippen LogP contribution >= 0.6 is 0 Å². The Hall–Kier alpha value is -1.92. The molecule has 0 heterocycles. The summed E-state index contributed by atoms with van der Waals surface area (Å²) in [5, 5.41) is 21.4. The van der Waals surface area contributed by atoms with Crippen LogP contribution in [0.1, 0.15) is 25.8 Å². The lowest BCUT2D eigenvalue weighted by Crippen LogP contribution is -2.52. The second kappa shape index (κ2) is 8.51. The third-order valence-electron chi connectivity index (χ3n) is 3.31. The van der Waals surface area contributed by atoms with Crippen molar-refractivity contribution in [1.82, 2.24) is 5.32 Å². The van der Waals surface area contributed by atoms with E-state index in [1.54, 1.807) is 0 Å². The van der Waals surface area contributed by atoms with Gasteiger partial charge in [0.15, 0.2) is 0 Å². The average molecular weight is 308 g/mol. The van der Waals surface area contributed by atoms with Gasteiger partial charge in [0.25, 0.3) is 5.91 Å². The van der Waals surface area contributed by atoms with Crippen molar-refractivity contribution < 1.29 is 19.8 Å². The van der Waals surface area contributed by atoms with E-state index in [2.05, 4.69) is 5.32 Å². The fourth-order valence-electron chi connectivity index (χ4n) is 2.14. The highest BCUT2D eigenvalue weighted by Gasteiger charge is 2.28. The summed E-state index contributed by atoms with van der Waals surface area (Å²) in [6, 6.07) is 7.44. The second-order valence-electron chi connectivity index (χ2n) is 5.83. The Morgan fingerprint density at radius 3 is 2.32 bits per heavy atom. The molecular weight excluding hydrogens is 284 g/mol. The van der Waals surface area contributed by atoms with Crippen molar-refractivity contribution in [1.29, 1.82) is 0 Å². The third-order valence-corrected chi connectivity index (χ3v) is 3.31. The zero-order valence-electron chi connectivity index (χ0n) is 12.9. The molecule has 1 rings (SSSR count). The molecule has 0 aliphatic heterocycles. The molecule has 1 unspecified atom stereocenters. The molecule has 0 saturated heterocycles. The topological polar surface area (TPSA) is 113 Å². The number of carboxylic acid groups (broad SMARTS) is 1. The van der Waals surface area contributed by atoms with Gasteiger partial charge in [0, 0.05) is 6.04 Å². The molecule has 0 aromatic heterocycles. The van der Waals surface area contributed by atoms with Crippen molar-refractivity contribution >= 4 is 11.9 Å². The normalized spacial score (nSPS) is 15.1. The van der Waals surface area contributed by atoms with Gasteiger partial charge in [-0.2, -0.15) is 0 Å². The van der Waals surface area contributed by atoms with Gasteiger partial charge in [0.05, 0.1) is 0 Å². The lowest BCUT2D eigenvalue weighted by Gasteiger charge is -2.22. The van der Waals surface area contributed by atoms with Crippen LogP contribution in [0.2, 0.25) is 0 Å². The monoisotopic (exact) mass is 308 g/mol. The van der Waals surface area contributed by atoms with Gasteiger partial charge >= 0.3 is 5.97 Å². The van der Waals surface area contributed by atoms with Crippen molar-refractivity contribution in [3.63, 3.8) is 0 Å². The summed E-state index contributed by atoms with van der Waals surface area (Å²) in [4.78, 5) is 23.1. The standard InChI is InChI=1S/C16H24N2O4/c1-10(2)8-13(16(21)22)18-15(20)14(19)12(17)9-11-6-4-3-5-7-11/h3-7,10,12-14,19H,8-9,17H2,1-2H3,(H,18,20)(H,21,22)/t12-,13?,14-/m1/s1. The Balaban J connectivity index is 2.61. The summed E-state index contributed by atoms with van der Waals surface area (Å²) in [5.41, 5.74) is 6.75. The molecule has 0 spiro atoms. The fourth-order valence-corrected chi connectivity index (χ4v) is 2.14. The van der Waals surface area contributed by atoms with Crippen molar-refractivity contribution in [3.05, 3.63) is 35.9 Å². The van der Waals surface area contributed by atoms with Crippen molar-refractivity contribution in [2.75, 3.05) is 0 Å². The smallest absolute Gasteiger partial charge is 0.326 e. The highest BCUT2D eigenvalue weighted by atomic mass is 16.4. The molecule has 0 saturated carbocycles. The quantitative estimate of drug-likeness (QED) is 0.559. The molecule has 0 radical (unpaired) electrons. The second-order valence-corrected chi connectivity index (χ2v) is 5.83. The van der Waals surface area contributed by atoms with Crippen LogP contribution < -0.4 is 11.1 Å². The molecule has 0 aliphatic carbocycles. The van der Waals surface area contributed by atoms with Gasteiger partial charge in [-0.3, -0.25) is 4.79 Å². The molecule has 6 heteroatoms. The number of hydrogen-bond donors (Lipinski definition) is 4. The minimum atomic E-state index is -1.45. The lowest BCUT2D eigenvalue weighted by molar-refractivity contribution is -0.144. The lowest BCUT2D eigenvalue weighted by atomic mass is 10.00. The highest BCUT2D eigenvalue weighted by Crippen LogP contribution is 2.08. The molecule has 6 nitrogen and oxygen atoms in total. The summed E-state index contributed by atoms with van der Waals surface area (Å²) >= 11 is 0. The highest BCUT2D eigenvalue weighted by molar-refractivity contribution is 5.86. The van der Waals surface area contributed by atoms with E-state index >= 15 is 0 Å². The predicted molar refractivity (Wildman–Crippen MR) is 83.1 cm³/mol. The maximum Gasteiger partial charge on any atom is 0.326 e. The van der Waals surface area contributed by atoms with E-state index in [1.165, 1.54) is 0 Å². The summed E-state index contributed by atoms with van der Waals surface area (Å²) < 4.78 is 0. The first kappa shape index (κ1) is 18.1. The minimum absolute atomic E-state index is 0.108. The number of aliphatic hydroxyl groups excluding tert-OH is 1. The van der Waals surface area contributed by atoms with Gasteiger partial charge in [0.1, 0.15) is 12.1 Å². The zero-order chi connectivity index (χ0) is 16.7. The molecule has 1 amide bonds. The molecular formula is C16H24N2O4. The van der Waals surface area contributed by atoms with E-state index in [0.717, 1.165) is 5.56 Å². The summed E-state index contributed by atoms with van der Waals surface area (Å²) in [6.07, 6.45) is -0.826. The van der Waals surface area contributed by atoms with Gasteiger partial charge in [-0.25, -0.2) is 4.79 Å². The summed E-state index contributed by atoms with van der Waals surface area (Å²) in [6.45, 7) is 3.72. The predicted octanol–water partition coefficient (Wildman–Crippen LogP) is 0.533. The summed E-state index contributed by atoms with van der Waals surface area (Å²) in [5.74, 6) is -1.76. The number of amides is 1. The summed E-state index contributed by atoms with van der Waals surface area (Å²) in [7, 11) is 0. The van der Waals surface area contributed by atoms with E-state index in [1.807, 2.05) is 44.2 Å². The number of carbonyl (C=O) groups is 2. The maximum atomic E-state index is 12.0. The maximum absolute atomic E-state index is 12.0. The molecule has 3 atom stereocenters. The molecule has 0 fully saturated rings. The Morgan fingerprint density at radius 2 is 1.82 bits per heavy atom. The van der Waals surface area contributed by atoms with Crippen molar-refractivity contribution in [2.45, 2.75) is 44.9 Å². The average Bonchev–Trinajstić information content (AvgIpc) is 2.46. The van der Waals surface area contributed by atoms with Crippen LogP contribution in [0.25, 0.3) is 0 Å². The van der Waals surface area contributed by atoms with E-state index < -0.39 is 30.1 Å². The zero-order valence-corrected chi connectivity index (χ0v) is 12.9. The van der Waals surface area contributed by atoms with Crippen molar-refractivity contribution in [3.8, 4) is 0 Å². The number of nitrogens with one attached hydrogen (secondary N) is 1. The van der Waals surface area contributed by atoms with E-state index in [-0.39, 0.29) is 5.92 Å². The van der Waals surface area contributed by atoms with Crippen LogP contribution in [-0.4, -0.2) is 40.3 Å². The number of benzene rings is 1. The van der Waals surface area contributed by atoms with Crippen LogP contribution in [-0.2, 0) is 16.0 Å². The van der Waals surface area contributed by atoms with E-state index in [9.17, 15) is 14.7 Å². The van der Waals surface area contributed by atoms with Crippen LogP contribution in [0.4, 0.5) is 0 Å². The van der Waals surface area contributed by atoms with Gasteiger partial charge in [-0.05, 0) is 24.3 Å². The fraction of sp³-hybridized carbons (Fsp3) is 0.500. The first-order valence-electron chi connectivity index (χ1n) is 7.32. The molecule has 5 N–H and O–H groups in total. The first-order valence-corrected chi connectivity index (χ1v) is 7.32. The van der Waals surface area contributed by atoms with Gasteiger partial charge in [-0.1, -0.05) is 44.2 Å². The number of nitrogens with two attached hydrogens (primary N) is 1. The molecule has 0 bridgehead atoms. The van der Waals surface area contributed by atoms with Gasteiger partial charge in [0.2, 0.25) is 0 Å². The Kier molecular flexibility index (Phi) is 7.01. The third kappa shape index (κ3) is 5.83. The van der Waals surface area contributed by atoms with Crippen molar-refractivity contribution in [2.24, 2.45) is 11.7 Å². The Morgan fingerprint density at radius 1 is 1.23 bits per heavy atom. The first-order chi connectivity index (χ1) is 10.3. The number of aliphatic carboxylic acids is 1. The van der Waals surface area contributed by atoms with E-state index in [0.29, 0.717) is 12.8 Å². The number of aliphatic hydroxyl groups is 1.